The predicted octanol–water partition coefficient (Wildman–Crippen LogP) is 15.1. The first-order valence-corrected chi connectivity index (χ1v) is 20.4. The molecule has 10 aromatic rings. The SMILES string of the molecule is CC1(C)c2cccc(-c3ccc(-c4cc(-c5ccc(-c6ccccc6)c(-c6ccccc6)c5)nc(-c5ccccc5)n4)c4ccccc34)c2-c2c1ccc1ccccc21. The largest absolute Gasteiger partial charge is 0.228 e. The zero-order valence-corrected chi connectivity index (χ0v) is 33.0. The molecule has 1 aromatic heterocycles. The van der Waals surface area contributed by atoms with Crippen LogP contribution in [0.1, 0.15) is 25.0 Å². The van der Waals surface area contributed by atoms with Gasteiger partial charge in [-0.1, -0.05) is 208 Å². The van der Waals surface area contributed by atoms with Crippen molar-refractivity contribution in [2.24, 2.45) is 0 Å². The number of aromatic nitrogens is 2. The molecule has 0 N–H and O–H groups in total. The number of nitrogens with zero attached hydrogens (tertiary/aromatic N) is 2. The highest BCUT2D eigenvalue weighted by Gasteiger charge is 2.38. The Morgan fingerprint density at radius 1 is 0.322 bits per heavy atom. The summed E-state index contributed by atoms with van der Waals surface area (Å²) in [6, 6.07) is 74.2. The van der Waals surface area contributed by atoms with Crippen molar-refractivity contribution in [3.05, 3.63) is 217 Å². The third-order valence-electron chi connectivity index (χ3n) is 12.3. The van der Waals surface area contributed by atoms with Crippen LogP contribution in [-0.4, -0.2) is 9.97 Å². The molecule has 0 amide bonds. The number of hydrogen-bond acceptors (Lipinski definition) is 2. The molecular formula is C57H40N2. The lowest BCUT2D eigenvalue weighted by atomic mass is 9.81. The van der Waals surface area contributed by atoms with Crippen molar-refractivity contribution in [2.45, 2.75) is 19.3 Å². The topological polar surface area (TPSA) is 25.8 Å². The highest BCUT2D eigenvalue weighted by atomic mass is 14.9. The van der Waals surface area contributed by atoms with Gasteiger partial charge in [0, 0.05) is 22.1 Å². The Morgan fingerprint density at radius 3 is 1.61 bits per heavy atom. The van der Waals surface area contributed by atoms with Gasteiger partial charge in [0.1, 0.15) is 0 Å². The molecule has 0 aliphatic heterocycles. The molecule has 2 heteroatoms. The van der Waals surface area contributed by atoms with E-state index in [0.717, 1.165) is 33.5 Å². The van der Waals surface area contributed by atoms with Crippen LogP contribution in [-0.2, 0) is 5.41 Å². The zero-order valence-electron chi connectivity index (χ0n) is 33.0. The highest BCUT2D eigenvalue weighted by molar-refractivity contribution is 6.11. The fraction of sp³-hybridized carbons (Fsp3) is 0.0526. The number of benzene rings is 9. The average molecular weight is 753 g/mol. The van der Waals surface area contributed by atoms with Crippen LogP contribution in [0.3, 0.4) is 0 Å². The lowest BCUT2D eigenvalue weighted by Crippen LogP contribution is -2.14. The third-order valence-corrected chi connectivity index (χ3v) is 12.3. The van der Waals surface area contributed by atoms with Gasteiger partial charge in [-0.2, -0.15) is 0 Å². The minimum atomic E-state index is -0.120. The second-order valence-corrected chi connectivity index (χ2v) is 16.1. The zero-order chi connectivity index (χ0) is 39.5. The quantitative estimate of drug-likeness (QED) is 0.169. The van der Waals surface area contributed by atoms with Gasteiger partial charge in [-0.05, 0) is 89.3 Å². The van der Waals surface area contributed by atoms with Crippen molar-refractivity contribution in [1.82, 2.24) is 9.97 Å². The Balaban J connectivity index is 1.11. The third kappa shape index (κ3) is 5.79. The van der Waals surface area contributed by atoms with Gasteiger partial charge in [0.05, 0.1) is 11.4 Å². The molecule has 0 spiro atoms. The molecule has 2 nitrogen and oxygen atoms in total. The predicted molar refractivity (Wildman–Crippen MR) is 247 cm³/mol. The fourth-order valence-corrected chi connectivity index (χ4v) is 9.41. The summed E-state index contributed by atoms with van der Waals surface area (Å²) in [6.07, 6.45) is 0. The molecule has 0 atom stereocenters. The molecule has 278 valence electrons. The lowest BCUT2D eigenvalue weighted by molar-refractivity contribution is 0.661. The monoisotopic (exact) mass is 752 g/mol. The van der Waals surface area contributed by atoms with E-state index >= 15 is 0 Å². The van der Waals surface area contributed by atoms with E-state index in [1.807, 2.05) is 6.07 Å². The van der Waals surface area contributed by atoms with Gasteiger partial charge in [0.2, 0.25) is 0 Å². The Hall–Kier alpha value is -7.42. The van der Waals surface area contributed by atoms with Gasteiger partial charge in [0.15, 0.2) is 5.82 Å². The summed E-state index contributed by atoms with van der Waals surface area (Å²) in [5, 5.41) is 4.93. The van der Waals surface area contributed by atoms with Crippen LogP contribution < -0.4 is 0 Å². The number of rotatable bonds is 6. The first kappa shape index (κ1) is 34.8. The first-order chi connectivity index (χ1) is 29.0. The van der Waals surface area contributed by atoms with E-state index in [-0.39, 0.29) is 5.41 Å². The molecule has 0 bridgehead atoms. The molecule has 1 aliphatic rings. The summed E-state index contributed by atoms with van der Waals surface area (Å²) in [7, 11) is 0. The summed E-state index contributed by atoms with van der Waals surface area (Å²) in [5.74, 6) is 0.700. The molecule has 59 heavy (non-hydrogen) atoms. The fourth-order valence-electron chi connectivity index (χ4n) is 9.41. The van der Waals surface area contributed by atoms with E-state index in [1.54, 1.807) is 0 Å². The van der Waals surface area contributed by atoms with Gasteiger partial charge in [-0.3, -0.25) is 0 Å². The number of fused-ring (bicyclic) bond motifs is 6. The van der Waals surface area contributed by atoms with Crippen LogP contribution in [0.4, 0.5) is 0 Å². The molecule has 0 saturated carbocycles. The Labute approximate surface area is 345 Å². The molecule has 1 heterocycles. The summed E-state index contributed by atoms with van der Waals surface area (Å²) >= 11 is 0. The molecule has 11 rings (SSSR count). The van der Waals surface area contributed by atoms with Gasteiger partial charge in [-0.25, -0.2) is 9.97 Å². The molecule has 0 saturated heterocycles. The molecule has 0 radical (unpaired) electrons. The molecule has 9 aromatic carbocycles. The summed E-state index contributed by atoms with van der Waals surface area (Å²) in [5.41, 5.74) is 17.4. The van der Waals surface area contributed by atoms with E-state index in [9.17, 15) is 0 Å². The van der Waals surface area contributed by atoms with Crippen LogP contribution in [0.15, 0.2) is 206 Å². The molecule has 1 aliphatic carbocycles. The minimum absolute atomic E-state index is 0.120. The molecule has 0 fully saturated rings. The Morgan fingerprint density at radius 2 is 0.881 bits per heavy atom. The summed E-state index contributed by atoms with van der Waals surface area (Å²) in [4.78, 5) is 10.6. The van der Waals surface area contributed by atoms with Gasteiger partial charge in [0.25, 0.3) is 0 Å². The maximum atomic E-state index is 5.33. The summed E-state index contributed by atoms with van der Waals surface area (Å²) < 4.78 is 0. The van der Waals surface area contributed by atoms with Crippen LogP contribution in [0.5, 0.6) is 0 Å². The molecular weight excluding hydrogens is 713 g/mol. The van der Waals surface area contributed by atoms with Crippen molar-refractivity contribution in [2.75, 3.05) is 0 Å². The van der Waals surface area contributed by atoms with E-state index < -0.39 is 0 Å². The standard InChI is InChI=1S/C57H40N2/c1-57(2)50-28-16-27-48(55(50)54-43-24-13-12-21-39(43)30-34-51(54)57)46-32-33-47(45-26-15-14-25-44(45)46)53-36-52(58-56(59-53)40-22-10-5-11-23-40)41-29-31-42(37-17-6-3-7-18-37)49(35-41)38-19-8-4-9-20-38/h3-36H,1-2H3. The van der Waals surface area contributed by atoms with E-state index in [2.05, 4.69) is 214 Å². The van der Waals surface area contributed by atoms with Crippen molar-refractivity contribution in [3.63, 3.8) is 0 Å². The van der Waals surface area contributed by atoms with E-state index in [4.69, 9.17) is 9.97 Å². The van der Waals surface area contributed by atoms with E-state index in [0.29, 0.717) is 5.82 Å². The van der Waals surface area contributed by atoms with Crippen LogP contribution >= 0.6 is 0 Å². The average Bonchev–Trinajstić information content (AvgIpc) is 3.55. The van der Waals surface area contributed by atoms with Gasteiger partial charge >= 0.3 is 0 Å². The van der Waals surface area contributed by atoms with Crippen LogP contribution in [0, 0.1) is 0 Å². The van der Waals surface area contributed by atoms with Gasteiger partial charge < -0.3 is 0 Å². The van der Waals surface area contributed by atoms with Crippen LogP contribution in [0.25, 0.3) is 100.0 Å². The first-order valence-electron chi connectivity index (χ1n) is 20.4. The smallest absolute Gasteiger partial charge is 0.160 e. The van der Waals surface area contributed by atoms with Crippen LogP contribution in [0.2, 0.25) is 0 Å². The minimum Gasteiger partial charge on any atom is -0.228 e. The van der Waals surface area contributed by atoms with Crippen molar-refractivity contribution in [3.8, 4) is 78.4 Å². The van der Waals surface area contributed by atoms with Crippen molar-refractivity contribution in [1.29, 1.82) is 0 Å². The second-order valence-electron chi connectivity index (χ2n) is 16.1. The van der Waals surface area contributed by atoms with E-state index in [1.165, 1.54) is 71.8 Å². The van der Waals surface area contributed by atoms with Crippen molar-refractivity contribution >= 4 is 21.5 Å². The van der Waals surface area contributed by atoms with Gasteiger partial charge in [-0.15, -0.1) is 0 Å². The maximum Gasteiger partial charge on any atom is 0.160 e. The second kappa shape index (κ2) is 13.9. The Bertz CT molecular complexity index is 3220. The summed E-state index contributed by atoms with van der Waals surface area (Å²) in [6.45, 7) is 4.74. The van der Waals surface area contributed by atoms with Crippen molar-refractivity contribution < 1.29 is 0 Å². The maximum absolute atomic E-state index is 5.33. The highest BCUT2D eigenvalue weighted by Crippen LogP contribution is 2.55. The number of hydrogen-bond donors (Lipinski definition) is 0. The lowest BCUT2D eigenvalue weighted by Gasteiger charge is -2.22. The Kier molecular flexibility index (Phi) is 8.20. The normalized spacial score (nSPS) is 12.7. The molecule has 0 unspecified atom stereocenters.